The van der Waals surface area contributed by atoms with Crippen molar-refractivity contribution in [2.24, 2.45) is 0 Å². The van der Waals surface area contributed by atoms with Gasteiger partial charge in [-0.3, -0.25) is 0 Å². The van der Waals surface area contributed by atoms with E-state index in [1.165, 1.54) is 5.56 Å². The lowest BCUT2D eigenvalue weighted by atomic mass is 10.1. The molecule has 0 saturated carbocycles. The van der Waals surface area contributed by atoms with Crippen LogP contribution in [-0.4, -0.2) is 11.6 Å². The number of hydrogen-bond donors (Lipinski definition) is 0. The molecule has 0 atom stereocenters. The van der Waals surface area contributed by atoms with E-state index in [1.807, 2.05) is 13.0 Å². The van der Waals surface area contributed by atoms with Gasteiger partial charge in [0, 0.05) is 12.0 Å². The van der Waals surface area contributed by atoms with E-state index in [2.05, 4.69) is 48.3 Å². The molecule has 1 aromatic heterocycles. The third kappa shape index (κ3) is 3.92. The van der Waals surface area contributed by atoms with Gasteiger partial charge in [-0.15, -0.1) is 0 Å². The van der Waals surface area contributed by atoms with E-state index in [1.54, 1.807) is 0 Å². The van der Waals surface area contributed by atoms with Crippen LogP contribution in [-0.2, 0) is 17.6 Å². The smallest absolute Gasteiger partial charge is 0.226 e. The number of hydrogen-bond acceptors (Lipinski definition) is 3. The van der Waals surface area contributed by atoms with Gasteiger partial charge in [-0.05, 0) is 56.0 Å². The molecule has 0 saturated heterocycles. The minimum atomic E-state index is 0.623. The Hall–Kier alpha value is -2.29. The molecule has 2 aromatic rings. The molecular weight excluding hydrogens is 286 g/mol. The van der Waals surface area contributed by atoms with Gasteiger partial charge in [-0.1, -0.05) is 25.1 Å². The van der Waals surface area contributed by atoms with Crippen LogP contribution < -0.4 is 0 Å². The Morgan fingerprint density at radius 1 is 1.17 bits per heavy atom. The van der Waals surface area contributed by atoms with Gasteiger partial charge in [-0.25, -0.2) is 4.98 Å². The monoisotopic (exact) mass is 309 g/mol. The number of aromatic nitrogens is 1. The third-order valence-electron chi connectivity index (χ3n) is 4.07. The van der Waals surface area contributed by atoms with E-state index in [9.17, 15) is 0 Å². The number of oxazole rings is 1. The van der Waals surface area contributed by atoms with Crippen molar-refractivity contribution < 1.29 is 9.15 Å². The van der Waals surface area contributed by atoms with E-state index in [0.717, 1.165) is 48.5 Å². The quantitative estimate of drug-likeness (QED) is 0.752. The molecule has 120 valence electrons. The average Bonchev–Trinajstić information content (AvgIpc) is 2.97. The van der Waals surface area contributed by atoms with Gasteiger partial charge >= 0.3 is 0 Å². The molecule has 3 rings (SSSR count). The first-order valence-electron chi connectivity index (χ1n) is 8.31. The summed E-state index contributed by atoms with van der Waals surface area (Å²) in [5, 5.41) is 0. The Bertz CT molecular complexity index is 708. The average molecular weight is 309 g/mol. The van der Waals surface area contributed by atoms with Gasteiger partial charge in [-0.2, -0.15) is 0 Å². The molecule has 0 radical (unpaired) electrons. The van der Waals surface area contributed by atoms with E-state index >= 15 is 0 Å². The molecule has 0 fully saturated rings. The predicted octanol–water partition coefficient (Wildman–Crippen LogP) is 5.01. The van der Waals surface area contributed by atoms with Crippen molar-refractivity contribution >= 4 is 0 Å². The third-order valence-corrected chi connectivity index (χ3v) is 4.07. The highest BCUT2D eigenvalue weighted by Crippen LogP contribution is 2.23. The van der Waals surface area contributed by atoms with Crippen molar-refractivity contribution in [3.05, 3.63) is 65.3 Å². The normalized spacial score (nSPS) is 13.9. The van der Waals surface area contributed by atoms with Crippen LogP contribution in [0, 0.1) is 6.92 Å². The Balaban J connectivity index is 1.63. The van der Waals surface area contributed by atoms with Gasteiger partial charge in [0.15, 0.2) is 0 Å². The second-order valence-electron chi connectivity index (χ2n) is 5.76. The van der Waals surface area contributed by atoms with Crippen molar-refractivity contribution in [1.29, 1.82) is 0 Å². The lowest BCUT2D eigenvalue weighted by Crippen LogP contribution is -2.00. The second kappa shape index (κ2) is 7.32. The molecule has 3 nitrogen and oxygen atoms in total. The van der Waals surface area contributed by atoms with Crippen molar-refractivity contribution in [3.63, 3.8) is 0 Å². The molecule has 1 heterocycles. The Kier molecular flexibility index (Phi) is 4.96. The second-order valence-corrected chi connectivity index (χ2v) is 5.76. The van der Waals surface area contributed by atoms with Gasteiger partial charge < -0.3 is 9.15 Å². The van der Waals surface area contributed by atoms with Crippen LogP contribution in [0.5, 0.6) is 0 Å². The fourth-order valence-electron chi connectivity index (χ4n) is 2.63. The Morgan fingerprint density at radius 3 is 2.70 bits per heavy atom. The van der Waals surface area contributed by atoms with Gasteiger partial charge in [0.2, 0.25) is 5.89 Å². The molecule has 1 aromatic carbocycles. The van der Waals surface area contributed by atoms with Crippen LogP contribution in [0.15, 0.2) is 52.7 Å². The molecule has 0 N–H and O–H groups in total. The van der Waals surface area contributed by atoms with Gasteiger partial charge in [0.25, 0.3) is 0 Å². The van der Waals surface area contributed by atoms with Crippen molar-refractivity contribution in [2.75, 3.05) is 6.61 Å². The van der Waals surface area contributed by atoms with Crippen LogP contribution in [0.1, 0.15) is 36.8 Å². The largest absolute Gasteiger partial charge is 0.494 e. The van der Waals surface area contributed by atoms with E-state index in [4.69, 9.17) is 9.15 Å². The zero-order valence-electron chi connectivity index (χ0n) is 13.8. The number of benzene rings is 1. The fourth-order valence-corrected chi connectivity index (χ4v) is 2.63. The summed E-state index contributed by atoms with van der Waals surface area (Å²) < 4.78 is 11.6. The number of nitrogens with zero attached hydrogens (tertiary/aromatic N) is 1. The summed E-state index contributed by atoms with van der Waals surface area (Å²) in [4.78, 5) is 4.63. The van der Waals surface area contributed by atoms with Crippen molar-refractivity contribution in [1.82, 2.24) is 4.98 Å². The summed E-state index contributed by atoms with van der Waals surface area (Å²) in [6, 6.07) is 8.39. The van der Waals surface area contributed by atoms with Crippen LogP contribution >= 0.6 is 0 Å². The number of aryl methyl sites for hydroxylation is 2. The molecule has 0 spiro atoms. The zero-order chi connectivity index (χ0) is 16.1. The van der Waals surface area contributed by atoms with E-state index in [-0.39, 0.29) is 0 Å². The lowest BCUT2D eigenvalue weighted by molar-refractivity contribution is 0.225. The standard InChI is InChI=1S/C20H23NO2/c1-3-16-9-11-17(12-10-16)20-21-19(15(2)23-20)13-14-22-18-7-5-4-6-8-18/h5,7-12H,3-4,6,13-14H2,1-2H3. The maximum Gasteiger partial charge on any atom is 0.226 e. The molecule has 0 bridgehead atoms. The highest BCUT2D eigenvalue weighted by atomic mass is 16.5. The molecular formula is C20H23NO2. The van der Waals surface area contributed by atoms with Crippen LogP contribution in [0.3, 0.4) is 0 Å². The van der Waals surface area contributed by atoms with Crippen LogP contribution in [0.2, 0.25) is 0 Å². The summed E-state index contributed by atoms with van der Waals surface area (Å²) in [5.74, 6) is 2.53. The van der Waals surface area contributed by atoms with Gasteiger partial charge in [0.05, 0.1) is 12.3 Å². The fraction of sp³-hybridized carbons (Fsp3) is 0.350. The summed E-state index contributed by atoms with van der Waals surface area (Å²) in [7, 11) is 0. The number of allylic oxidation sites excluding steroid dienone is 3. The maximum atomic E-state index is 5.82. The molecule has 1 aliphatic carbocycles. The molecule has 23 heavy (non-hydrogen) atoms. The first-order chi connectivity index (χ1) is 11.3. The van der Waals surface area contributed by atoms with Crippen LogP contribution in [0.4, 0.5) is 0 Å². The minimum Gasteiger partial charge on any atom is -0.494 e. The molecule has 1 aliphatic rings. The zero-order valence-corrected chi connectivity index (χ0v) is 13.8. The van der Waals surface area contributed by atoms with Crippen molar-refractivity contribution in [3.8, 4) is 11.5 Å². The van der Waals surface area contributed by atoms with Crippen LogP contribution in [0.25, 0.3) is 11.5 Å². The van der Waals surface area contributed by atoms with Crippen molar-refractivity contribution in [2.45, 2.75) is 39.5 Å². The van der Waals surface area contributed by atoms with E-state index < -0.39 is 0 Å². The van der Waals surface area contributed by atoms with Gasteiger partial charge in [0.1, 0.15) is 11.5 Å². The molecule has 0 amide bonds. The molecule has 3 heteroatoms. The topological polar surface area (TPSA) is 35.3 Å². The first-order valence-corrected chi connectivity index (χ1v) is 8.31. The highest BCUT2D eigenvalue weighted by Gasteiger charge is 2.11. The lowest BCUT2D eigenvalue weighted by Gasteiger charge is -2.08. The number of ether oxygens (including phenoxy) is 1. The Morgan fingerprint density at radius 2 is 2.00 bits per heavy atom. The van der Waals surface area contributed by atoms with E-state index in [0.29, 0.717) is 12.5 Å². The molecule has 0 unspecified atom stereocenters. The SMILES string of the molecule is CCc1ccc(-c2nc(CCOC3=CCCC=C3)c(C)o2)cc1. The highest BCUT2D eigenvalue weighted by molar-refractivity contribution is 5.54. The predicted molar refractivity (Wildman–Crippen MR) is 92.2 cm³/mol. The summed E-state index contributed by atoms with van der Waals surface area (Å²) in [6.45, 7) is 4.74. The summed E-state index contributed by atoms with van der Waals surface area (Å²) in [6.07, 6.45) is 10.3. The Labute approximate surface area is 137 Å². The molecule has 0 aliphatic heterocycles. The summed E-state index contributed by atoms with van der Waals surface area (Å²) >= 11 is 0. The number of rotatable bonds is 6. The maximum absolute atomic E-state index is 5.82. The summed E-state index contributed by atoms with van der Waals surface area (Å²) in [5.41, 5.74) is 3.31. The minimum absolute atomic E-state index is 0.623. The first kappa shape index (κ1) is 15.6.